The number of aryl methyl sites for hydroxylation is 3. The van der Waals surface area contributed by atoms with Crippen LogP contribution in [0.25, 0.3) is 0 Å². The van der Waals surface area contributed by atoms with Crippen LogP contribution >= 0.6 is 0 Å². The SMILES string of the molecule is COc1ccc([S+](N)c2ccc(OC)cc2)cc1.Cc1cc(C)c(S(=O)(=O)[O-])c(C)c1. The lowest BCUT2D eigenvalue weighted by molar-refractivity contribution is 0.414. The van der Waals surface area contributed by atoms with E-state index in [0.717, 1.165) is 26.9 Å². The molecule has 0 saturated carbocycles. The maximum absolute atomic E-state index is 10.8. The first kappa shape index (κ1) is 24.7. The van der Waals surface area contributed by atoms with Crippen molar-refractivity contribution in [1.82, 2.24) is 0 Å². The highest BCUT2D eigenvalue weighted by Gasteiger charge is 2.20. The van der Waals surface area contributed by atoms with Crippen LogP contribution in [0.3, 0.4) is 0 Å². The van der Waals surface area contributed by atoms with Gasteiger partial charge in [-0.1, -0.05) is 17.7 Å². The zero-order chi connectivity index (χ0) is 23.2. The van der Waals surface area contributed by atoms with Gasteiger partial charge >= 0.3 is 0 Å². The summed E-state index contributed by atoms with van der Waals surface area (Å²) in [5.41, 5.74) is 2.00. The molecule has 166 valence electrons. The Morgan fingerprint density at radius 3 is 1.42 bits per heavy atom. The summed E-state index contributed by atoms with van der Waals surface area (Å²) in [6.45, 7) is 5.12. The maximum Gasteiger partial charge on any atom is 0.181 e. The number of nitrogens with two attached hydrogens (primary N) is 1. The summed E-state index contributed by atoms with van der Waals surface area (Å²) in [6.07, 6.45) is 0. The Morgan fingerprint density at radius 1 is 0.774 bits per heavy atom. The predicted octanol–water partition coefficient (Wildman–Crippen LogP) is 4.13. The summed E-state index contributed by atoms with van der Waals surface area (Å²) in [5, 5.41) is 6.25. The van der Waals surface area contributed by atoms with Crippen LogP contribution in [-0.4, -0.2) is 27.2 Å². The van der Waals surface area contributed by atoms with Crippen LogP contribution in [0.2, 0.25) is 0 Å². The molecular weight excluding hydrogens is 434 g/mol. The average molecular weight is 462 g/mol. The molecule has 0 aliphatic heterocycles. The van der Waals surface area contributed by atoms with E-state index < -0.39 is 21.2 Å². The summed E-state index contributed by atoms with van der Waals surface area (Å²) in [7, 11) is -1.02. The molecular formula is C23H27NO5S2. The Kier molecular flexibility index (Phi) is 8.52. The maximum atomic E-state index is 10.8. The van der Waals surface area contributed by atoms with Crippen molar-refractivity contribution in [3.63, 3.8) is 0 Å². The van der Waals surface area contributed by atoms with Gasteiger partial charge in [0.15, 0.2) is 9.79 Å². The summed E-state index contributed by atoms with van der Waals surface area (Å²) in [5.74, 6) is 1.68. The van der Waals surface area contributed by atoms with Crippen molar-refractivity contribution in [3.8, 4) is 11.5 Å². The second-order valence-corrected chi connectivity index (χ2v) is 9.81. The third-order valence-corrected chi connectivity index (χ3v) is 7.19. The molecule has 8 heteroatoms. The Bertz CT molecular complexity index is 1040. The van der Waals surface area contributed by atoms with Crippen molar-refractivity contribution in [2.45, 2.75) is 35.5 Å². The normalized spacial score (nSPS) is 11.0. The molecule has 3 rings (SSSR count). The Hall–Kier alpha value is -2.52. The molecule has 0 bridgehead atoms. The zero-order valence-corrected chi connectivity index (χ0v) is 19.8. The van der Waals surface area contributed by atoms with Crippen molar-refractivity contribution in [2.24, 2.45) is 5.14 Å². The van der Waals surface area contributed by atoms with E-state index in [2.05, 4.69) is 0 Å². The highest BCUT2D eigenvalue weighted by Crippen LogP contribution is 2.23. The third kappa shape index (κ3) is 6.73. The molecule has 0 aliphatic rings. The van der Waals surface area contributed by atoms with Gasteiger partial charge < -0.3 is 14.0 Å². The molecule has 0 spiro atoms. The largest absolute Gasteiger partial charge is 0.744 e. The van der Waals surface area contributed by atoms with Gasteiger partial charge in [-0.25, -0.2) is 8.42 Å². The molecule has 0 radical (unpaired) electrons. The van der Waals surface area contributed by atoms with Crippen LogP contribution < -0.4 is 14.6 Å². The van der Waals surface area contributed by atoms with E-state index in [1.165, 1.54) is 0 Å². The van der Waals surface area contributed by atoms with E-state index in [4.69, 9.17) is 14.6 Å². The number of ether oxygens (including phenoxy) is 2. The van der Waals surface area contributed by atoms with Crippen molar-refractivity contribution >= 4 is 21.2 Å². The lowest BCUT2D eigenvalue weighted by Gasteiger charge is -2.14. The van der Waals surface area contributed by atoms with Crippen LogP contribution in [-0.2, 0) is 21.2 Å². The van der Waals surface area contributed by atoms with E-state index in [-0.39, 0.29) is 4.90 Å². The van der Waals surface area contributed by atoms with Crippen molar-refractivity contribution in [1.29, 1.82) is 0 Å². The molecule has 0 fully saturated rings. The number of benzene rings is 3. The Morgan fingerprint density at radius 2 is 1.13 bits per heavy atom. The summed E-state index contributed by atoms with van der Waals surface area (Å²) < 4.78 is 42.8. The molecule has 0 amide bonds. The Labute approximate surface area is 187 Å². The number of rotatable bonds is 5. The molecule has 3 aromatic carbocycles. The molecule has 0 unspecified atom stereocenters. The van der Waals surface area contributed by atoms with Crippen molar-refractivity contribution < 1.29 is 22.4 Å². The second kappa shape index (κ2) is 10.7. The quantitative estimate of drug-likeness (QED) is 0.453. The molecule has 0 aromatic heterocycles. The highest BCUT2D eigenvalue weighted by molar-refractivity contribution is 7.94. The smallest absolute Gasteiger partial charge is 0.181 e. The molecule has 0 heterocycles. The summed E-state index contributed by atoms with van der Waals surface area (Å²) >= 11 is -0.428. The van der Waals surface area contributed by atoms with Gasteiger partial charge in [0.2, 0.25) is 0 Å². The third-order valence-electron chi connectivity index (χ3n) is 4.48. The first-order valence-electron chi connectivity index (χ1n) is 9.37. The molecule has 0 saturated heterocycles. The van der Waals surface area contributed by atoms with Gasteiger partial charge in [0.25, 0.3) is 0 Å². The monoisotopic (exact) mass is 461 g/mol. The van der Waals surface area contributed by atoms with Gasteiger partial charge in [-0.3, -0.25) is 0 Å². The van der Waals surface area contributed by atoms with E-state index in [1.807, 2.05) is 55.5 Å². The van der Waals surface area contributed by atoms with Gasteiger partial charge in [-0.15, -0.1) is 5.14 Å². The second-order valence-electron chi connectivity index (χ2n) is 6.87. The molecule has 2 N–H and O–H groups in total. The minimum atomic E-state index is -4.33. The molecule has 6 nitrogen and oxygen atoms in total. The number of hydrogen-bond donors (Lipinski definition) is 1. The van der Waals surface area contributed by atoms with Gasteiger partial charge in [0.05, 0.1) is 19.1 Å². The lowest BCUT2D eigenvalue weighted by atomic mass is 10.1. The first-order valence-corrected chi connectivity index (χ1v) is 12.1. The van der Waals surface area contributed by atoms with Gasteiger partial charge in [-0.05, 0) is 80.4 Å². The van der Waals surface area contributed by atoms with E-state index in [1.54, 1.807) is 40.2 Å². The average Bonchev–Trinajstić information content (AvgIpc) is 2.72. The van der Waals surface area contributed by atoms with Crippen LogP contribution in [0, 0.1) is 20.8 Å². The molecule has 3 aromatic rings. The predicted molar refractivity (Wildman–Crippen MR) is 123 cm³/mol. The van der Waals surface area contributed by atoms with E-state index in [0.29, 0.717) is 11.1 Å². The summed E-state index contributed by atoms with van der Waals surface area (Å²) in [4.78, 5) is 2.08. The van der Waals surface area contributed by atoms with Gasteiger partial charge in [0.1, 0.15) is 32.7 Å². The standard InChI is InChI=1S/C14H16NO2S.C9H12O3S/c1-16-11-3-7-13(8-4-11)18(15)14-9-5-12(17-2)6-10-14;1-6-4-7(2)9(8(3)5-6)13(10,11)12/h3-10H,15H2,1-2H3;4-5H,1-3H3,(H,10,11,12)/q+1;/p-1. The van der Waals surface area contributed by atoms with Crippen molar-refractivity contribution in [3.05, 3.63) is 77.4 Å². The molecule has 0 atom stereocenters. The van der Waals surface area contributed by atoms with Gasteiger partial charge in [-0.2, -0.15) is 0 Å². The topological polar surface area (TPSA) is 102 Å². The number of hydrogen-bond acceptors (Lipinski definition) is 6. The van der Waals surface area contributed by atoms with Crippen molar-refractivity contribution in [2.75, 3.05) is 14.2 Å². The van der Waals surface area contributed by atoms with Crippen LogP contribution in [0.1, 0.15) is 16.7 Å². The first-order chi connectivity index (χ1) is 14.6. The van der Waals surface area contributed by atoms with E-state index in [9.17, 15) is 13.0 Å². The highest BCUT2D eigenvalue weighted by atomic mass is 32.2. The fourth-order valence-electron chi connectivity index (χ4n) is 3.14. The molecule has 0 aliphatic carbocycles. The van der Waals surface area contributed by atoms with Gasteiger partial charge in [0, 0.05) is 0 Å². The lowest BCUT2D eigenvalue weighted by Crippen LogP contribution is -2.14. The fourth-order valence-corrected chi connectivity index (χ4v) is 5.18. The van der Waals surface area contributed by atoms with E-state index >= 15 is 0 Å². The fraction of sp³-hybridized carbons (Fsp3) is 0.217. The molecule has 31 heavy (non-hydrogen) atoms. The summed E-state index contributed by atoms with van der Waals surface area (Å²) in [6, 6.07) is 19.0. The minimum Gasteiger partial charge on any atom is -0.744 e. The Balaban J connectivity index is 0.000000233. The zero-order valence-electron chi connectivity index (χ0n) is 18.2. The van der Waals surface area contributed by atoms with Crippen LogP contribution in [0.15, 0.2) is 75.4 Å². The minimum absolute atomic E-state index is 0.0851. The number of methoxy groups -OCH3 is 2. The van der Waals surface area contributed by atoms with Crippen LogP contribution in [0.5, 0.6) is 11.5 Å². The van der Waals surface area contributed by atoms with Crippen LogP contribution in [0.4, 0.5) is 0 Å².